The zero-order chi connectivity index (χ0) is 27.9. The first kappa shape index (κ1) is 29.5. The summed E-state index contributed by atoms with van der Waals surface area (Å²) in [6.07, 6.45) is 5.56. The maximum atomic E-state index is 13.8. The molecule has 0 aliphatic heterocycles. The number of benzene rings is 2. The van der Waals surface area contributed by atoms with Crippen molar-refractivity contribution >= 4 is 35.2 Å². The molecule has 3 unspecified atom stereocenters. The maximum Gasteiger partial charge on any atom is 0.408 e. The Balaban J connectivity index is 2.51. The molecular weight excluding hydrogens is 494 g/mol. The second-order valence-corrected chi connectivity index (χ2v) is 10.2. The minimum atomic E-state index is -1.29. The van der Waals surface area contributed by atoms with Gasteiger partial charge in [-0.3, -0.25) is 14.5 Å². The van der Waals surface area contributed by atoms with Gasteiger partial charge in [-0.25, -0.2) is 4.79 Å². The molecule has 37 heavy (non-hydrogen) atoms. The van der Waals surface area contributed by atoms with Crippen LogP contribution in [-0.2, 0) is 14.3 Å². The Bertz CT molecular complexity index is 1150. The lowest BCUT2D eigenvalue weighted by atomic mass is 9.96. The highest BCUT2D eigenvalue weighted by atomic mass is 35.5. The summed E-state index contributed by atoms with van der Waals surface area (Å²) < 4.78 is 5.34. The number of nitrogens with zero attached hydrogens (tertiary/aromatic N) is 1. The van der Waals surface area contributed by atoms with Gasteiger partial charge in [0.25, 0.3) is 11.8 Å². The van der Waals surface area contributed by atoms with Crippen LogP contribution in [0.4, 0.5) is 10.5 Å². The van der Waals surface area contributed by atoms with Gasteiger partial charge in [0.2, 0.25) is 0 Å². The van der Waals surface area contributed by atoms with Crippen molar-refractivity contribution < 1.29 is 24.2 Å². The van der Waals surface area contributed by atoms with Crippen LogP contribution in [0, 0.1) is 25.3 Å². The number of hydrogen-bond donors (Lipinski definition) is 3. The Morgan fingerprint density at radius 2 is 1.78 bits per heavy atom. The van der Waals surface area contributed by atoms with E-state index in [1.54, 1.807) is 52.8 Å². The van der Waals surface area contributed by atoms with Gasteiger partial charge in [-0.1, -0.05) is 62.6 Å². The molecule has 0 aliphatic rings. The van der Waals surface area contributed by atoms with E-state index in [-0.39, 0.29) is 11.7 Å². The number of phenols is 1. The van der Waals surface area contributed by atoms with Gasteiger partial charge in [-0.2, -0.15) is 0 Å². The van der Waals surface area contributed by atoms with Crippen molar-refractivity contribution in [2.24, 2.45) is 5.92 Å². The summed E-state index contributed by atoms with van der Waals surface area (Å²) in [5, 5.41) is 15.5. The molecule has 2 aromatic carbocycles. The highest BCUT2D eigenvalue weighted by Crippen LogP contribution is 2.30. The molecular formula is C28H34ClN3O5. The van der Waals surface area contributed by atoms with E-state index in [9.17, 15) is 19.5 Å². The van der Waals surface area contributed by atoms with Crippen molar-refractivity contribution in [2.75, 3.05) is 5.32 Å². The number of amides is 3. The molecule has 0 radical (unpaired) electrons. The van der Waals surface area contributed by atoms with Gasteiger partial charge in [0.05, 0.1) is 10.7 Å². The molecule has 2 rings (SSSR count). The molecule has 0 aliphatic carbocycles. The zero-order valence-corrected chi connectivity index (χ0v) is 22.7. The molecule has 3 N–H and O–H groups in total. The fourth-order valence-corrected chi connectivity index (χ4v) is 3.86. The number of anilines is 1. The molecule has 3 amide bonds. The van der Waals surface area contributed by atoms with E-state index >= 15 is 0 Å². The molecule has 0 bridgehead atoms. The van der Waals surface area contributed by atoms with Crippen LogP contribution >= 0.6 is 11.6 Å². The predicted octanol–water partition coefficient (Wildman–Crippen LogP) is 5.39. The van der Waals surface area contributed by atoms with Gasteiger partial charge < -0.3 is 20.5 Å². The van der Waals surface area contributed by atoms with E-state index in [0.717, 1.165) is 4.90 Å². The summed E-state index contributed by atoms with van der Waals surface area (Å²) >= 11 is 6.31. The van der Waals surface area contributed by atoms with Crippen molar-refractivity contribution in [3.8, 4) is 18.2 Å². The average Bonchev–Trinajstić information content (AvgIpc) is 2.82. The number of carbonyl (C=O) groups is 3. The lowest BCUT2D eigenvalue weighted by Crippen LogP contribution is -2.53. The summed E-state index contributed by atoms with van der Waals surface area (Å²) in [4.78, 5) is 41.0. The molecule has 0 spiro atoms. The molecule has 198 valence electrons. The smallest absolute Gasteiger partial charge is 0.408 e. The maximum absolute atomic E-state index is 13.8. The van der Waals surface area contributed by atoms with E-state index in [0.29, 0.717) is 28.3 Å². The molecule has 8 nitrogen and oxygen atoms in total. The lowest BCUT2D eigenvalue weighted by molar-refractivity contribution is -0.137. The highest BCUT2D eigenvalue weighted by Gasteiger charge is 2.38. The van der Waals surface area contributed by atoms with Gasteiger partial charge in [0.15, 0.2) is 0 Å². The molecule has 3 atom stereocenters. The molecule has 0 saturated heterocycles. The molecule has 0 heterocycles. The van der Waals surface area contributed by atoms with E-state index in [4.69, 9.17) is 22.8 Å². The Hall–Kier alpha value is -3.70. The predicted molar refractivity (Wildman–Crippen MR) is 144 cm³/mol. The molecule has 0 aromatic heterocycles. The quantitative estimate of drug-likeness (QED) is 0.315. The van der Waals surface area contributed by atoms with Crippen LogP contribution < -0.4 is 10.6 Å². The highest BCUT2D eigenvalue weighted by molar-refractivity contribution is 6.34. The monoisotopic (exact) mass is 527 g/mol. The van der Waals surface area contributed by atoms with Crippen molar-refractivity contribution in [1.82, 2.24) is 10.2 Å². The first-order chi connectivity index (χ1) is 17.3. The van der Waals surface area contributed by atoms with Crippen LogP contribution in [0.2, 0.25) is 5.02 Å². The van der Waals surface area contributed by atoms with Gasteiger partial charge in [-0.05, 0) is 62.9 Å². The first-order valence-corrected chi connectivity index (χ1v) is 12.3. The first-order valence-electron chi connectivity index (χ1n) is 11.9. The Morgan fingerprint density at radius 1 is 1.16 bits per heavy atom. The summed E-state index contributed by atoms with van der Waals surface area (Å²) in [5.74, 6) is -1.63. The van der Waals surface area contributed by atoms with Crippen LogP contribution in [-0.4, -0.2) is 39.6 Å². The van der Waals surface area contributed by atoms with Crippen molar-refractivity contribution in [3.05, 3.63) is 58.6 Å². The Kier molecular flexibility index (Phi) is 9.98. The largest absolute Gasteiger partial charge is 0.508 e. The number of hydrogen-bond acceptors (Lipinski definition) is 5. The Labute approximate surface area is 223 Å². The van der Waals surface area contributed by atoms with Crippen LogP contribution in [0.3, 0.4) is 0 Å². The number of terminal acetylenes is 1. The fraction of sp³-hybridized carbons (Fsp3) is 0.393. The minimum absolute atomic E-state index is 0.0208. The number of ether oxygens (including phenoxy) is 1. The third-order valence-corrected chi connectivity index (χ3v) is 6.03. The molecule has 2 aromatic rings. The number of rotatable bonds is 8. The van der Waals surface area contributed by atoms with Crippen molar-refractivity contribution in [1.29, 1.82) is 0 Å². The number of para-hydroxylation sites is 1. The summed E-state index contributed by atoms with van der Waals surface area (Å²) in [6.45, 7) is 10.6. The van der Waals surface area contributed by atoms with Gasteiger partial charge in [0, 0.05) is 6.04 Å². The number of halogens is 1. The number of carbonyl (C=O) groups excluding carboxylic acids is 3. The van der Waals surface area contributed by atoms with Gasteiger partial charge in [-0.15, -0.1) is 0 Å². The number of aromatic hydroxyl groups is 1. The van der Waals surface area contributed by atoms with E-state index in [1.807, 2.05) is 6.92 Å². The number of nitrogens with one attached hydrogen (secondary N) is 2. The van der Waals surface area contributed by atoms with E-state index in [2.05, 4.69) is 16.7 Å². The third-order valence-electron chi connectivity index (χ3n) is 5.71. The van der Waals surface area contributed by atoms with Crippen LogP contribution in [0.1, 0.15) is 58.2 Å². The summed E-state index contributed by atoms with van der Waals surface area (Å²) in [7, 11) is 0. The number of phenolic OH excluding ortho intramolecular Hbond substituents is 1. The average molecular weight is 528 g/mol. The van der Waals surface area contributed by atoms with E-state index in [1.165, 1.54) is 24.3 Å². The number of aryl methyl sites for hydroxylation is 1. The van der Waals surface area contributed by atoms with Crippen molar-refractivity contribution in [3.63, 3.8) is 0 Å². The van der Waals surface area contributed by atoms with Gasteiger partial charge in [0.1, 0.15) is 23.4 Å². The lowest BCUT2D eigenvalue weighted by Gasteiger charge is -2.32. The van der Waals surface area contributed by atoms with Gasteiger partial charge >= 0.3 is 6.09 Å². The topological polar surface area (TPSA) is 108 Å². The van der Waals surface area contributed by atoms with Crippen LogP contribution in [0.25, 0.3) is 0 Å². The minimum Gasteiger partial charge on any atom is -0.508 e. The molecule has 0 saturated carbocycles. The third kappa shape index (κ3) is 7.89. The fourth-order valence-electron chi connectivity index (χ4n) is 3.59. The Morgan fingerprint density at radius 3 is 2.30 bits per heavy atom. The molecule has 0 fully saturated rings. The van der Waals surface area contributed by atoms with Crippen LogP contribution in [0.5, 0.6) is 5.75 Å². The second-order valence-electron chi connectivity index (χ2n) is 9.76. The normalized spacial score (nSPS) is 13.5. The molecule has 9 heteroatoms. The van der Waals surface area contributed by atoms with Crippen LogP contribution in [0.15, 0.2) is 42.5 Å². The standard InChI is InChI=1S/C28H34ClN3O5/c1-8-17(3)23(31-27(36)37-28(5,6)7)26(35)32(9-2)24(19-13-15-20(33)16-14-19)25(34)30-22-18(4)11-10-12-21(22)29/h2,10-17,23-24,33H,8H2,1,3-7H3,(H,30,34)(H,31,36). The summed E-state index contributed by atoms with van der Waals surface area (Å²) in [5.41, 5.74) is 0.674. The van der Waals surface area contributed by atoms with Crippen molar-refractivity contribution in [2.45, 2.75) is 65.6 Å². The van der Waals surface area contributed by atoms with E-state index < -0.39 is 35.6 Å². The SMILES string of the molecule is C#CN(C(=O)C(NC(=O)OC(C)(C)C)C(C)CC)C(C(=O)Nc1c(C)cccc1Cl)c1ccc(O)cc1. The second kappa shape index (κ2) is 12.5. The summed E-state index contributed by atoms with van der Waals surface area (Å²) in [6, 6.07) is 10.9. The zero-order valence-electron chi connectivity index (χ0n) is 22.0. The number of alkyl carbamates (subject to hydrolysis) is 1.